The third-order valence-electron chi connectivity index (χ3n) is 4.29. The van der Waals surface area contributed by atoms with E-state index in [1.165, 1.54) is 25.7 Å². The highest BCUT2D eigenvalue weighted by Crippen LogP contribution is 2.37. The van der Waals surface area contributed by atoms with Gasteiger partial charge in [-0.25, -0.2) is 0 Å². The van der Waals surface area contributed by atoms with Crippen molar-refractivity contribution in [3.63, 3.8) is 0 Å². The van der Waals surface area contributed by atoms with Gasteiger partial charge in [0.25, 0.3) is 0 Å². The highest BCUT2D eigenvalue weighted by Gasteiger charge is 2.21. The molecule has 0 radical (unpaired) electrons. The third-order valence-corrected chi connectivity index (χ3v) is 4.70. The Morgan fingerprint density at radius 2 is 1.95 bits per heavy atom. The SMILES string of the molecule is COc1ccc(CN[C@@H](C)C2CCCC2)c(Cl)c1OC. The zero-order valence-corrected chi connectivity index (χ0v) is 13.3. The summed E-state index contributed by atoms with van der Waals surface area (Å²) in [7, 11) is 3.23. The lowest BCUT2D eigenvalue weighted by atomic mass is 9.99. The lowest BCUT2D eigenvalue weighted by Crippen LogP contribution is -2.31. The average molecular weight is 298 g/mol. The van der Waals surface area contributed by atoms with Crippen LogP contribution in [0.3, 0.4) is 0 Å². The Morgan fingerprint density at radius 3 is 2.55 bits per heavy atom. The predicted molar refractivity (Wildman–Crippen MR) is 82.8 cm³/mol. The molecule has 20 heavy (non-hydrogen) atoms. The first kappa shape index (κ1) is 15.5. The number of hydrogen-bond donors (Lipinski definition) is 1. The predicted octanol–water partition coefficient (Wildman–Crippen LogP) is 4.03. The minimum Gasteiger partial charge on any atom is -0.493 e. The van der Waals surface area contributed by atoms with Gasteiger partial charge in [-0.05, 0) is 37.3 Å². The lowest BCUT2D eigenvalue weighted by Gasteiger charge is -2.21. The molecule has 1 N–H and O–H groups in total. The van der Waals surface area contributed by atoms with Gasteiger partial charge in [-0.3, -0.25) is 0 Å². The Kier molecular flexibility index (Phi) is 5.55. The van der Waals surface area contributed by atoms with Crippen LogP contribution in [0.1, 0.15) is 38.2 Å². The molecule has 0 aliphatic heterocycles. The smallest absolute Gasteiger partial charge is 0.179 e. The molecule has 0 heterocycles. The average Bonchev–Trinajstić information content (AvgIpc) is 2.99. The van der Waals surface area contributed by atoms with Crippen molar-refractivity contribution >= 4 is 11.6 Å². The van der Waals surface area contributed by atoms with Crippen LogP contribution < -0.4 is 14.8 Å². The third kappa shape index (κ3) is 3.39. The second-order valence-corrected chi connectivity index (χ2v) is 5.87. The maximum Gasteiger partial charge on any atom is 0.179 e. The molecule has 0 amide bonds. The van der Waals surface area contributed by atoms with Crippen molar-refractivity contribution < 1.29 is 9.47 Å². The Hall–Kier alpha value is -0.930. The highest BCUT2D eigenvalue weighted by atomic mass is 35.5. The summed E-state index contributed by atoms with van der Waals surface area (Å²) in [4.78, 5) is 0. The zero-order chi connectivity index (χ0) is 14.5. The molecule has 1 aromatic carbocycles. The van der Waals surface area contributed by atoms with E-state index < -0.39 is 0 Å². The normalized spacial score (nSPS) is 17.2. The van der Waals surface area contributed by atoms with Crippen molar-refractivity contribution in [2.45, 2.75) is 45.2 Å². The molecule has 4 heteroatoms. The molecular formula is C16H24ClNO2. The summed E-state index contributed by atoms with van der Waals surface area (Å²) in [6.45, 7) is 3.03. The number of hydrogen-bond acceptors (Lipinski definition) is 3. The molecule has 1 aliphatic carbocycles. The van der Waals surface area contributed by atoms with Crippen molar-refractivity contribution in [1.29, 1.82) is 0 Å². The van der Waals surface area contributed by atoms with E-state index >= 15 is 0 Å². The van der Waals surface area contributed by atoms with Crippen LogP contribution in [0.15, 0.2) is 12.1 Å². The number of methoxy groups -OCH3 is 2. The molecular weight excluding hydrogens is 274 g/mol. The lowest BCUT2D eigenvalue weighted by molar-refractivity contribution is 0.353. The molecule has 1 fully saturated rings. The molecule has 0 spiro atoms. The first-order valence-corrected chi connectivity index (χ1v) is 7.68. The van der Waals surface area contributed by atoms with Crippen LogP contribution in [0.25, 0.3) is 0 Å². The van der Waals surface area contributed by atoms with E-state index in [0.717, 1.165) is 18.0 Å². The Balaban J connectivity index is 2.02. The molecule has 1 atom stereocenters. The monoisotopic (exact) mass is 297 g/mol. The second-order valence-electron chi connectivity index (χ2n) is 5.49. The summed E-state index contributed by atoms with van der Waals surface area (Å²) < 4.78 is 10.6. The minimum absolute atomic E-state index is 0.529. The number of benzene rings is 1. The van der Waals surface area contributed by atoms with Crippen molar-refractivity contribution in [1.82, 2.24) is 5.32 Å². The van der Waals surface area contributed by atoms with E-state index in [9.17, 15) is 0 Å². The van der Waals surface area contributed by atoms with E-state index in [4.69, 9.17) is 21.1 Å². The fourth-order valence-electron chi connectivity index (χ4n) is 2.96. The number of rotatable bonds is 6. The number of halogens is 1. The van der Waals surface area contributed by atoms with E-state index in [2.05, 4.69) is 12.2 Å². The largest absolute Gasteiger partial charge is 0.493 e. The summed E-state index contributed by atoms with van der Waals surface area (Å²) in [6.07, 6.45) is 5.42. The van der Waals surface area contributed by atoms with Crippen LogP contribution in [0.4, 0.5) is 0 Å². The van der Waals surface area contributed by atoms with Crippen molar-refractivity contribution in [2.75, 3.05) is 14.2 Å². The van der Waals surface area contributed by atoms with Crippen molar-refractivity contribution in [2.24, 2.45) is 5.92 Å². The van der Waals surface area contributed by atoms with Crippen molar-refractivity contribution in [3.8, 4) is 11.5 Å². The zero-order valence-electron chi connectivity index (χ0n) is 12.5. The van der Waals surface area contributed by atoms with Gasteiger partial charge in [0, 0.05) is 12.6 Å². The maximum absolute atomic E-state index is 6.39. The van der Waals surface area contributed by atoms with Gasteiger partial charge in [0.15, 0.2) is 11.5 Å². The highest BCUT2D eigenvalue weighted by molar-refractivity contribution is 6.33. The van der Waals surface area contributed by atoms with Gasteiger partial charge in [0.2, 0.25) is 0 Å². The first-order chi connectivity index (χ1) is 9.67. The van der Waals surface area contributed by atoms with E-state index in [1.807, 2.05) is 12.1 Å². The van der Waals surface area contributed by atoms with Crippen LogP contribution >= 0.6 is 11.6 Å². The van der Waals surface area contributed by atoms with Gasteiger partial charge in [0.05, 0.1) is 19.2 Å². The molecule has 112 valence electrons. The van der Waals surface area contributed by atoms with Gasteiger partial charge >= 0.3 is 0 Å². The number of ether oxygens (including phenoxy) is 2. The Labute approximate surface area is 126 Å². The van der Waals surface area contributed by atoms with Gasteiger partial charge in [-0.2, -0.15) is 0 Å². The van der Waals surface area contributed by atoms with E-state index in [-0.39, 0.29) is 0 Å². The summed E-state index contributed by atoms with van der Waals surface area (Å²) in [5.41, 5.74) is 1.05. The van der Waals surface area contributed by atoms with Crippen LogP contribution in [0.2, 0.25) is 5.02 Å². The molecule has 1 saturated carbocycles. The topological polar surface area (TPSA) is 30.5 Å². The van der Waals surface area contributed by atoms with Crippen LogP contribution in [-0.4, -0.2) is 20.3 Å². The van der Waals surface area contributed by atoms with Gasteiger partial charge < -0.3 is 14.8 Å². The summed E-state index contributed by atoms with van der Waals surface area (Å²) in [5, 5.41) is 4.23. The van der Waals surface area contributed by atoms with Gasteiger partial charge in [-0.1, -0.05) is 30.5 Å². The molecule has 2 rings (SSSR count). The fourth-order valence-corrected chi connectivity index (χ4v) is 3.26. The Morgan fingerprint density at radius 1 is 1.25 bits per heavy atom. The second kappa shape index (κ2) is 7.19. The van der Waals surface area contributed by atoms with Gasteiger partial charge in [-0.15, -0.1) is 0 Å². The molecule has 1 aliphatic rings. The molecule has 0 saturated heterocycles. The van der Waals surface area contributed by atoms with Gasteiger partial charge in [0.1, 0.15) is 0 Å². The fraction of sp³-hybridized carbons (Fsp3) is 0.625. The quantitative estimate of drug-likeness (QED) is 0.860. The molecule has 3 nitrogen and oxygen atoms in total. The maximum atomic E-state index is 6.39. The molecule has 0 unspecified atom stereocenters. The van der Waals surface area contributed by atoms with Crippen LogP contribution in [0, 0.1) is 5.92 Å². The molecule has 0 aromatic heterocycles. The van der Waals surface area contributed by atoms with E-state index in [1.54, 1.807) is 14.2 Å². The standard InChI is InChI=1S/C16H24ClNO2/c1-11(12-6-4-5-7-12)18-10-13-8-9-14(19-2)16(20-3)15(13)17/h8-9,11-12,18H,4-7,10H2,1-3H3/t11-/m0/s1. The Bertz CT molecular complexity index is 444. The minimum atomic E-state index is 0.529. The van der Waals surface area contributed by atoms with Crippen LogP contribution in [-0.2, 0) is 6.54 Å². The molecule has 0 bridgehead atoms. The summed E-state index contributed by atoms with van der Waals surface area (Å²) >= 11 is 6.39. The van der Waals surface area contributed by atoms with Crippen molar-refractivity contribution in [3.05, 3.63) is 22.7 Å². The van der Waals surface area contributed by atoms with E-state index in [0.29, 0.717) is 22.6 Å². The summed E-state index contributed by atoms with van der Waals surface area (Å²) in [5.74, 6) is 2.08. The molecule has 1 aromatic rings. The van der Waals surface area contributed by atoms with Crippen LogP contribution in [0.5, 0.6) is 11.5 Å². The number of nitrogens with one attached hydrogen (secondary N) is 1. The summed E-state index contributed by atoms with van der Waals surface area (Å²) in [6, 6.07) is 4.43. The first-order valence-electron chi connectivity index (χ1n) is 7.30.